The lowest BCUT2D eigenvalue weighted by molar-refractivity contribution is 0.0598. The van der Waals surface area contributed by atoms with Crippen molar-refractivity contribution in [2.24, 2.45) is 5.73 Å². The molecule has 0 amide bonds. The maximum atomic E-state index is 11.7. The summed E-state index contributed by atoms with van der Waals surface area (Å²) in [5, 5.41) is 0. The van der Waals surface area contributed by atoms with E-state index in [0.717, 1.165) is 38.0 Å². The second kappa shape index (κ2) is 7.48. The second-order valence-electron chi connectivity index (χ2n) is 4.76. The third-order valence-electron chi connectivity index (χ3n) is 3.45. The molecule has 0 radical (unpaired) electrons. The average molecular weight is 285 g/mol. The molecule has 0 atom stereocenters. The fraction of sp³-hybridized carbons (Fsp3) is 0.500. The number of hydrogen-bond acceptors (Lipinski definition) is 4. The van der Waals surface area contributed by atoms with Gasteiger partial charge in [-0.25, -0.2) is 4.79 Å². The molecule has 0 bridgehead atoms. The molecule has 1 saturated heterocycles. The summed E-state index contributed by atoms with van der Waals surface area (Å²) in [7, 11) is 1.42. The van der Waals surface area contributed by atoms with Gasteiger partial charge in [0.05, 0.1) is 12.7 Å². The Morgan fingerprint density at radius 2 is 2.00 bits per heavy atom. The summed E-state index contributed by atoms with van der Waals surface area (Å²) >= 11 is 0. The fourth-order valence-electron chi connectivity index (χ4n) is 2.32. The van der Waals surface area contributed by atoms with Gasteiger partial charge in [-0.05, 0) is 37.6 Å². The Morgan fingerprint density at radius 1 is 1.37 bits per heavy atom. The minimum absolute atomic E-state index is 0. The summed E-state index contributed by atoms with van der Waals surface area (Å²) in [4.78, 5) is 14.0. The molecule has 1 heterocycles. The van der Waals surface area contributed by atoms with Crippen LogP contribution < -0.4 is 5.73 Å². The Balaban J connectivity index is 0.00000180. The Bertz CT molecular complexity index is 418. The van der Waals surface area contributed by atoms with E-state index in [1.54, 1.807) is 0 Å². The van der Waals surface area contributed by atoms with Crippen molar-refractivity contribution in [3.8, 4) is 0 Å². The molecule has 0 saturated carbocycles. The van der Waals surface area contributed by atoms with E-state index in [1.807, 2.05) is 24.3 Å². The zero-order chi connectivity index (χ0) is 13.0. The standard InChI is InChI=1S/C14H20N2O2.ClH/c1-18-14(17)13-5-3-2-4-11(13)10-16-8-6-12(15)7-9-16;/h2-5,12H,6-10,15H2,1H3;1H. The Kier molecular flexibility index (Phi) is 6.28. The van der Waals surface area contributed by atoms with Crippen LogP contribution in [0.25, 0.3) is 0 Å². The number of hydrogen-bond donors (Lipinski definition) is 1. The van der Waals surface area contributed by atoms with Gasteiger partial charge in [-0.3, -0.25) is 4.90 Å². The van der Waals surface area contributed by atoms with Crippen molar-refractivity contribution in [1.82, 2.24) is 4.90 Å². The summed E-state index contributed by atoms with van der Waals surface area (Å²) in [6.45, 7) is 2.78. The van der Waals surface area contributed by atoms with Gasteiger partial charge in [0.25, 0.3) is 0 Å². The van der Waals surface area contributed by atoms with Crippen molar-refractivity contribution in [3.63, 3.8) is 0 Å². The van der Waals surface area contributed by atoms with Crippen molar-refractivity contribution in [3.05, 3.63) is 35.4 Å². The lowest BCUT2D eigenvalue weighted by Crippen LogP contribution is -2.39. The van der Waals surface area contributed by atoms with Gasteiger partial charge < -0.3 is 10.5 Å². The largest absolute Gasteiger partial charge is 0.465 e. The van der Waals surface area contributed by atoms with Crippen LogP contribution >= 0.6 is 12.4 Å². The summed E-state index contributed by atoms with van der Waals surface area (Å²) < 4.78 is 4.81. The van der Waals surface area contributed by atoms with E-state index in [1.165, 1.54) is 7.11 Å². The first-order valence-corrected chi connectivity index (χ1v) is 6.35. The quantitative estimate of drug-likeness (QED) is 0.860. The maximum Gasteiger partial charge on any atom is 0.338 e. The number of rotatable bonds is 3. The van der Waals surface area contributed by atoms with E-state index >= 15 is 0 Å². The molecule has 2 N–H and O–H groups in total. The highest BCUT2D eigenvalue weighted by molar-refractivity contribution is 5.90. The van der Waals surface area contributed by atoms with Gasteiger partial charge in [0, 0.05) is 12.6 Å². The molecule has 1 aliphatic heterocycles. The molecular formula is C14H21ClN2O2. The van der Waals surface area contributed by atoms with Crippen LogP contribution in [0, 0.1) is 0 Å². The second-order valence-corrected chi connectivity index (χ2v) is 4.76. The number of likely N-dealkylation sites (tertiary alicyclic amines) is 1. The zero-order valence-electron chi connectivity index (χ0n) is 11.2. The van der Waals surface area contributed by atoms with E-state index < -0.39 is 0 Å². The Morgan fingerprint density at radius 3 is 2.63 bits per heavy atom. The molecular weight excluding hydrogens is 264 g/mol. The summed E-state index contributed by atoms with van der Waals surface area (Å²) in [6, 6.07) is 7.95. The van der Waals surface area contributed by atoms with Gasteiger partial charge in [0.2, 0.25) is 0 Å². The van der Waals surface area contributed by atoms with Gasteiger partial charge in [-0.1, -0.05) is 18.2 Å². The van der Waals surface area contributed by atoms with Gasteiger partial charge in [-0.2, -0.15) is 0 Å². The molecule has 1 aromatic rings. The minimum Gasteiger partial charge on any atom is -0.465 e. The van der Waals surface area contributed by atoms with Crippen molar-refractivity contribution >= 4 is 18.4 Å². The van der Waals surface area contributed by atoms with Crippen LogP contribution in [0.1, 0.15) is 28.8 Å². The van der Waals surface area contributed by atoms with E-state index in [2.05, 4.69) is 4.90 Å². The number of methoxy groups -OCH3 is 1. The molecule has 5 heteroatoms. The molecule has 0 aliphatic carbocycles. The molecule has 0 unspecified atom stereocenters. The third kappa shape index (κ3) is 4.20. The van der Waals surface area contributed by atoms with Crippen LogP contribution in [0.4, 0.5) is 0 Å². The smallest absolute Gasteiger partial charge is 0.338 e. The van der Waals surface area contributed by atoms with Gasteiger partial charge in [0.15, 0.2) is 0 Å². The van der Waals surface area contributed by atoms with Crippen molar-refractivity contribution in [2.75, 3.05) is 20.2 Å². The molecule has 1 fully saturated rings. The number of piperidine rings is 1. The van der Waals surface area contributed by atoms with E-state index in [-0.39, 0.29) is 18.4 Å². The maximum absolute atomic E-state index is 11.7. The molecule has 19 heavy (non-hydrogen) atoms. The van der Waals surface area contributed by atoms with Crippen LogP contribution in [0.5, 0.6) is 0 Å². The minimum atomic E-state index is -0.265. The Labute approximate surface area is 120 Å². The van der Waals surface area contributed by atoms with Crippen molar-refractivity contribution in [2.45, 2.75) is 25.4 Å². The summed E-state index contributed by atoms with van der Waals surface area (Å²) in [5.41, 5.74) is 7.58. The zero-order valence-corrected chi connectivity index (χ0v) is 12.0. The first-order valence-electron chi connectivity index (χ1n) is 6.35. The first kappa shape index (κ1) is 16.0. The highest BCUT2D eigenvalue weighted by Crippen LogP contribution is 2.16. The summed E-state index contributed by atoms with van der Waals surface area (Å²) in [6.07, 6.45) is 2.06. The van der Waals surface area contributed by atoms with Crippen molar-refractivity contribution in [1.29, 1.82) is 0 Å². The number of carbonyl (C=O) groups excluding carboxylic acids is 1. The SMILES string of the molecule is COC(=O)c1ccccc1CN1CCC(N)CC1.Cl. The molecule has 0 aromatic heterocycles. The molecule has 0 spiro atoms. The molecule has 1 aromatic carbocycles. The highest BCUT2D eigenvalue weighted by atomic mass is 35.5. The predicted molar refractivity (Wildman–Crippen MR) is 77.5 cm³/mol. The number of esters is 1. The molecule has 4 nitrogen and oxygen atoms in total. The van der Waals surface area contributed by atoms with Gasteiger partial charge in [-0.15, -0.1) is 12.4 Å². The van der Waals surface area contributed by atoms with Crippen LogP contribution in [0.2, 0.25) is 0 Å². The number of benzene rings is 1. The summed E-state index contributed by atoms with van der Waals surface area (Å²) in [5.74, 6) is -0.265. The number of ether oxygens (including phenoxy) is 1. The van der Waals surface area contributed by atoms with E-state index in [9.17, 15) is 4.79 Å². The van der Waals surface area contributed by atoms with Crippen LogP contribution in [-0.4, -0.2) is 37.1 Å². The molecule has 2 rings (SSSR count). The molecule has 1 aliphatic rings. The predicted octanol–water partition coefficient (Wildman–Crippen LogP) is 1.82. The average Bonchev–Trinajstić information content (AvgIpc) is 2.41. The van der Waals surface area contributed by atoms with Crippen molar-refractivity contribution < 1.29 is 9.53 Å². The van der Waals surface area contributed by atoms with Crippen LogP contribution in [0.15, 0.2) is 24.3 Å². The number of nitrogens with two attached hydrogens (primary N) is 1. The third-order valence-corrected chi connectivity index (χ3v) is 3.45. The number of carbonyl (C=O) groups is 1. The van der Waals surface area contributed by atoms with Gasteiger partial charge >= 0.3 is 5.97 Å². The van der Waals surface area contributed by atoms with Crippen LogP contribution in [0.3, 0.4) is 0 Å². The number of nitrogens with zero attached hydrogens (tertiary/aromatic N) is 1. The van der Waals surface area contributed by atoms with Crippen LogP contribution in [-0.2, 0) is 11.3 Å². The fourth-order valence-corrected chi connectivity index (χ4v) is 2.32. The first-order chi connectivity index (χ1) is 8.70. The lowest BCUT2D eigenvalue weighted by Gasteiger charge is -2.30. The topological polar surface area (TPSA) is 55.6 Å². The van der Waals surface area contributed by atoms with E-state index in [4.69, 9.17) is 10.5 Å². The highest BCUT2D eigenvalue weighted by Gasteiger charge is 2.18. The van der Waals surface area contributed by atoms with E-state index in [0.29, 0.717) is 11.6 Å². The Hall–Kier alpha value is -1.10. The monoisotopic (exact) mass is 284 g/mol. The normalized spacial score (nSPS) is 16.7. The lowest BCUT2D eigenvalue weighted by atomic mass is 10.0. The van der Waals surface area contributed by atoms with Gasteiger partial charge in [0.1, 0.15) is 0 Å². The number of halogens is 1. The molecule has 106 valence electrons.